The molecule has 1 atom stereocenters. The molecule has 1 unspecified atom stereocenters. The van der Waals surface area contributed by atoms with Gasteiger partial charge in [-0.25, -0.2) is 0 Å². The first-order valence-corrected chi connectivity index (χ1v) is 2.60. The molecule has 0 heteroatoms. The molecule has 0 aromatic rings. The van der Waals surface area contributed by atoms with Crippen LogP contribution < -0.4 is 0 Å². The molecule has 0 spiro atoms. The molecule has 7 heavy (non-hydrogen) atoms. The molecule has 0 N–H and O–H groups in total. The molecule has 0 aliphatic carbocycles. The Kier molecular flexibility index (Phi) is 3.77. The highest BCUT2D eigenvalue weighted by molar-refractivity contribution is 4.90. The van der Waals surface area contributed by atoms with Crippen molar-refractivity contribution in [2.45, 2.75) is 13.3 Å². The molecule has 0 aromatic carbocycles. The second-order valence-corrected chi connectivity index (χ2v) is 1.60. The minimum absolute atomic E-state index is 0.456. The van der Waals surface area contributed by atoms with Crippen LogP contribution in [0.25, 0.3) is 0 Å². The fourth-order valence-corrected chi connectivity index (χ4v) is 0.329. The minimum atomic E-state index is 0.456. The van der Waals surface area contributed by atoms with Crippen LogP contribution >= 0.6 is 0 Å². The Balaban J connectivity index is 3.16. The zero-order valence-corrected chi connectivity index (χ0v) is 4.85. The molecule has 0 fully saturated rings. The average molecular weight is 96.2 g/mol. The van der Waals surface area contributed by atoms with E-state index in [1.165, 1.54) is 0 Å². The largest absolute Gasteiger partial charge is 0.0880 e. The molecular formula is C7H12. The van der Waals surface area contributed by atoms with E-state index in [9.17, 15) is 0 Å². The van der Waals surface area contributed by atoms with Crippen molar-refractivity contribution >= 4 is 0 Å². The first-order valence-electron chi connectivity index (χ1n) is 2.60. The summed E-state index contributed by atoms with van der Waals surface area (Å²) in [5.41, 5.74) is 0. The lowest BCUT2D eigenvalue weighted by Crippen LogP contribution is -1.82. The van der Waals surface area contributed by atoms with Crippen molar-refractivity contribution in [2.75, 3.05) is 0 Å². The van der Waals surface area contributed by atoms with Gasteiger partial charge in [0.05, 0.1) is 0 Å². The molecule has 0 rings (SSSR count). The van der Waals surface area contributed by atoms with E-state index in [2.05, 4.69) is 20.8 Å². The Morgan fingerprint density at radius 1 is 1.71 bits per heavy atom. The highest BCUT2D eigenvalue weighted by Crippen LogP contribution is 1.99. The van der Waals surface area contributed by atoms with Crippen molar-refractivity contribution in [1.29, 1.82) is 0 Å². The lowest BCUT2D eigenvalue weighted by Gasteiger charge is -1.95. The lowest BCUT2D eigenvalue weighted by molar-refractivity contribution is 0.770. The van der Waals surface area contributed by atoms with Crippen molar-refractivity contribution in [3.05, 3.63) is 26.0 Å². The summed E-state index contributed by atoms with van der Waals surface area (Å²) in [6.07, 6.45) is 4.90. The minimum Gasteiger partial charge on any atom is -0.0880 e. The second kappa shape index (κ2) is 3.91. The Bertz CT molecular complexity index is 53.1. The molecule has 0 aromatic heterocycles. The maximum Gasteiger partial charge on any atom is -0.0236 e. The van der Waals surface area contributed by atoms with E-state index in [0.29, 0.717) is 5.92 Å². The Morgan fingerprint density at radius 2 is 2.29 bits per heavy atom. The summed E-state index contributed by atoms with van der Waals surface area (Å²) in [5, 5.41) is 0. The van der Waals surface area contributed by atoms with Crippen LogP contribution in [0.1, 0.15) is 13.3 Å². The van der Waals surface area contributed by atoms with E-state index in [4.69, 9.17) is 0 Å². The molecule has 0 nitrogen and oxygen atoms in total. The fraction of sp³-hybridized carbons (Fsp3) is 0.429. The summed E-state index contributed by atoms with van der Waals surface area (Å²) in [6, 6.07) is 0. The van der Waals surface area contributed by atoms with Crippen molar-refractivity contribution < 1.29 is 0 Å². The maximum atomic E-state index is 3.82. The summed E-state index contributed by atoms with van der Waals surface area (Å²) < 4.78 is 0. The highest BCUT2D eigenvalue weighted by Gasteiger charge is 1.86. The zero-order valence-electron chi connectivity index (χ0n) is 4.85. The van der Waals surface area contributed by atoms with Crippen molar-refractivity contribution in [3.8, 4) is 0 Å². The number of allylic oxidation sites excluding steroid dienone is 2. The van der Waals surface area contributed by atoms with E-state index in [1.54, 1.807) is 6.08 Å². The van der Waals surface area contributed by atoms with Gasteiger partial charge in [-0.2, -0.15) is 0 Å². The molecule has 0 heterocycles. The zero-order chi connectivity index (χ0) is 5.70. The molecule has 40 valence electrons. The smallest absolute Gasteiger partial charge is 0.0236 e. The van der Waals surface area contributed by atoms with Gasteiger partial charge in [-0.05, 0) is 26.2 Å². The van der Waals surface area contributed by atoms with Crippen LogP contribution in [0.2, 0.25) is 0 Å². The van der Waals surface area contributed by atoms with Crippen LogP contribution in [0.3, 0.4) is 0 Å². The fourth-order valence-electron chi connectivity index (χ4n) is 0.329. The Labute approximate surface area is 46.2 Å². The van der Waals surface area contributed by atoms with Gasteiger partial charge < -0.3 is 0 Å². The topological polar surface area (TPSA) is 0 Å². The van der Waals surface area contributed by atoms with Crippen LogP contribution in [0.5, 0.6) is 0 Å². The quantitative estimate of drug-likeness (QED) is 0.494. The monoisotopic (exact) mass is 96.1 g/mol. The van der Waals surface area contributed by atoms with Crippen LogP contribution in [0.4, 0.5) is 0 Å². The van der Waals surface area contributed by atoms with Gasteiger partial charge in [0.2, 0.25) is 0 Å². The third-order valence-electron chi connectivity index (χ3n) is 0.933. The van der Waals surface area contributed by atoms with Crippen molar-refractivity contribution in [1.82, 2.24) is 0 Å². The van der Waals surface area contributed by atoms with E-state index < -0.39 is 0 Å². The van der Waals surface area contributed by atoms with Gasteiger partial charge in [-0.1, -0.05) is 19.1 Å². The van der Waals surface area contributed by atoms with Crippen molar-refractivity contribution in [2.24, 2.45) is 5.92 Å². The van der Waals surface area contributed by atoms with E-state index in [1.807, 2.05) is 6.08 Å². The number of rotatable bonds is 2. The average Bonchev–Trinajstić information content (AvgIpc) is 1.68. The molecule has 0 aliphatic rings. The van der Waals surface area contributed by atoms with Gasteiger partial charge in [-0.15, -0.1) is 0 Å². The molecule has 0 bridgehead atoms. The van der Waals surface area contributed by atoms with Crippen LogP contribution in [0, 0.1) is 19.8 Å². The van der Waals surface area contributed by atoms with Crippen LogP contribution in [-0.4, -0.2) is 0 Å². The predicted molar refractivity (Wildman–Crippen MR) is 33.6 cm³/mol. The lowest BCUT2D eigenvalue weighted by atomic mass is 10.1. The number of hydrogen-bond acceptors (Lipinski definition) is 0. The molecular weight excluding hydrogens is 84.1 g/mol. The molecule has 0 aliphatic heterocycles. The molecule has 0 saturated carbocycles. The van der Waals surface area contributed by atoms with E-state index >= 15 is 0 Å². The highest BCUT2D eigenvalue weighted by atomic mass is 13.9. The van der Waals surface area contributed by atoms with Crippen molar-refractivity contribution in [3.63, 3.8) is 0 Å². The first-order chi connectivity index (χ1) is 3.31. The van der Waals surface area contributed by atoms with Gasteiger partial charge in [0, 0.05) is 0 Å². The molecule has 0 amide bonds. The summed E-state index contributed by atoms with van der Waals surface area (Å²) in [7, 11) is 0. The van der Waals surface area contributed by atoms with Crippen LogP contribution in [-0.2, 0) is 0 Å². The summed E-state index contributed by atoms with van der Waals surface area (Å²) in [4.78, 5) is 0. The van der Waals surface area contributed by atoms with E-state index in [0.717, 1.165) is 6.42 Å². The Hall–Kier alpha value is -0.260. The number of hydrogen-bond donors (Lipinski definition) is 0. The van der Waals surface area contributed by atoms with Gasteiger partial charge in [0.15, 0.2) is 0 Å². The molecule has 2 radical (unpaired) electrons. The predicted octanol–water partition coefficient (Wildman–Crippen LogP) is 2.24. The molecule has 0 saturated heterocycles. The van der Waals surface area contributed by atoms with Gasteiger partial charge >= 0.3 is 0 Å². The maximum absolute atomic E-state index is 3.82. The third-order valence-corrected chi connectivity index (χ3v) is 0.933. The van der Waals surface area contributed by atoms with Gasteiger partial charge in [-0.3, -0.25) is 0 Å². The van der Waals surface area contributed by atoms with Gasteiger partial charge in [0.25, 0.3) is 0 Å². The summed E-state index contributed by atoms with van der Waals surface area (Å²) >= 11 is 0. The standard InChI is InChI=1S/C7H12/c1-4-6-7(3)5-2/h4,6-7H,1,3,5H2,2H3. The summed E-state index contributed by atoms with van der Waals surface area (Å²) in [5.74, 6) is 0.456. The second-order valence-electron chi connectivity index (χ2n) is 1.60. The summed E-state index contributed by atoms with van der Waals surface area (Å²) in [6.45, 7) is 9.48. The third kappa shape index (κ3) is 3.57. The Morgan fingerprint density at radius 3 is 2.43 bits per heavy atom. The van der Waals surface area contributed by atoms with Crippen LogP contribution in [0.15, 0.2) is 12.2 Å². The van der Waals surface area contributed by atoms with Gasteiger partial charge in [0.1, 0.15) is 0 Å². The normalized spacial score (nSPS) is 15.3. The van der Waals surface area contributed by atoms with E-state index in [-0.39, 0.29) is 0 Å². The SMILES string of the molecule is [CH2]C=CC([CH2])CC. The first kappa shape index (κ1) is 6.74.